The van der Waals surface area contributed by atoms with Crippen LogP contribution in [0.5, 0.6) is 0 Å². The predicted octanol–water partition coefficient (Wildman–Crippen LogP) is 3.49. The fourth-order valence-electron chi connectivity index (χ4n) is 7.24. The molecule has 0 aromatic heterocycles. The number of rotatable bonds is 4. The molecule has 6 heteroatoms. The van der Waals surface area contributed by atoms with Gasteiger partial charge in [-0.25, -0.2) is 0 Å². The van der Waals surface area contributed by atoms with E-state index in [0.717, 1.165) is 80.2 Å². The van der Waals surface area contributed by atoms with Crippen molar-refractivity contribution in [3.63, 3.8) is 0 Å². The predicted molar refractivity (Wildman–Crippen MR) is 112 cm³/mol. The highest BCUT2D eigenvalue weighted by atomic mass is 32.2. The number of amidine groups is 1. The van der Waals surface area contributed by atoms with E-state index in [2.05, 4.69) is 15.6 Å². The first kappa shape index (κ1) is 19.0. The second-order valence-electron chi connectivity index (χ2n) is 10.1. The Balaban J connectivity index is 1.37. The molecule has 5 saturated carbocycles. The van der Waals surface area contributed by atoms with Crippen LogP contribution in [0, 0.1) is 29.1 Å². The summed E-state index contributed by atoms with van der Waals surface area (Å²) in [6.07, 6.45) is 12.8. The first-order valence-electron chi connectivity index (χ1n) is 11.4. The van der Waals surface area contributed by atoms with E-state index in [1.165, 1.54) is 25.7 Å². The van der Waals surface area contributed by atoms with Crippen molar-refractivity contribution >= 4 is 28.7 Å². The largest absolute Gasteiger partial charge is 0.344 e. The zero-order valence-electron chi connectivity index (χ0n) is 16.8. The Bertz CT molecular complexity index is 635. The molecular formula is C22H33N3O2S. The number of nitrogens with one attached hydrogen (secondary N) is 2. The van der Waals surface area contributed by atoms with Gasteiger partial charge < -0.3 is 10.6 Å². The SMILES string of the molecule is O=C(N[C@@H](C(=O)NC1=NCCS1)C12CC3CC(CC(C3)C1)C2)C1CCCCC1. The molecule has 6 aliphatic rings. The van der Waals surface area contributed by atoms with Crippen molar-refractivity contribution in [1.82, 2.24) is 10.6 Å². The number of nitrogens with zero attached hydrogens (tertiary/aromatic N) is 1. The van der Waals surface area contributed by atoms with E-state index >= 15 is 0 Å². The van der Waals surface area contributed by atoms with Crippen molar-refractivity contribution in [3.8, 4) is 0 Å². The minimum atomic E-state index is -0.390. The molecule has 28 heavy (non-hydrogen) atoms. The number of aliphatic imine (C=N–C) groups is 1. The number of carbonyl (C=O) groups is 2. The Kier molecular flexibility index (Phi) is 5.18. The molecule has 0 aromatic carbocycles. The molecule has 1 atom stereocenters. The Morgan fingerprint density at radius 2 is 1.64 bits per heavy atom. The number of hydrogen-bond donors (Lipinski definition) is 2. The summed E-state index contributed by atoms with van der Waals surface area (Å²) in [5.74, 6) is 3.41. The lowest BCUT2D eigenvalue weighted by atomic mass is 9.47. The highest BCUT2D eigenvalue weighted by Gasteiger charge is 2.56. The van der Waals surface area contributed by atoms with E-state index in [1.807, 2.05) is 0 Å². The Morgan fingerprint density at radius 3 is 2.21 bits per heavy atom. The van der Waals surface area contributed by atoms with Gasteiger partial charge in [0.2, 0.25) is 11.8 Å². The van der Waals surface area contributed by atoms with Crippen LogP contribution in [0.2, 0.25) is 0 Å². The molecule has 2 N–H and O–H groups in total. The topological polar surface area (TPSA) is 70.6 Å². The highest BCUT2D eigenvalue weighted by Crippen LogP contribution is 2.61. The second-order valence-corrected chi connectivity index (χ2v) is 11.2. The van der Waals surface area contributed by atoms with Crippen LogP contribution in [-0.2, 0) is 9.59 Å². The molecule has 5 nitrogen and oxygen atoms in total. The van der Waals surface area contributed by atoms with Crippen LogP contribution in [0.4, 0.5) is 0 Å². The normalized spacial score (nSPS) is 38.1. The zero-order chi connectivity index (χ0) is 19.1. The van der Waals surface area contributed by atoms with Crippen LogP contribution in [-0.4, -0.2) is 35.3 Å². The molecule has 0 spiro atoms. The van der Waals surface area contributed by atoms with Gasteiger partial charge in [-0.15, -0.1) is 0 Å². The molecule has 0 radical (unpaired) electrons. The standard InChI is InChI=1S/C22H33N3O2S/c26-19(17-4-2-1-3-5-17)24-18(20(27)25-21-23-6-7-28-21)22-11-14-8-15(12-22)10-16(9-14)13-22/h14-18H,1-13H2,(H,24,26)(H,23,25,27)/t14?,15?,16?,18-,22?/m0/s1. The van der Waals surface area contributed by atoms with E-state index in [1.54, 1.807) is 11.8 Å². The van der Waals surface area contributed by atoms with Crippen molar-refractivity contribution in [2.24, 2.45) is 34.1 Å². The van der Waals surface area contributed by atoms with Crippen molar-refractivity contribution in [2.75, 3.05) is 12.3 Å². The molecule has 1 heterocycles. The van der Waals surface area contributed by atoms with Gasteiger partial charge in [0.05, 0.1) is 6.54 Å². The van der Waals surface area contributed by atoms with Crippen LogP contribution in [0.25, 0.3) is 0 Å². The van der Waals surface area contributed by atoms with E-state index in [-0.39, 0.29) is 29.2 Å². The molecule has 4 bridgehead atoms. The number of amides is 2. The fourth-order valence-corrected chi connectivity index (χ4v) is 7.97. The molecule has 0 aromatic rings. The summed E-state index contributed by atoms with van der Waals surface area (Å²) >= 11 is 1.62. The van der Waals surface area contributed by atoms with Gasteiger partial charge in [-0.3, -0.25) is 14.6 Å². The lowest BCUT2D eigenvalue weighted by Crippen LogP contribution is -2.63. The summed E-state index contributed by atoms with van der Waals surface area (Å²) < 4.78 is 0. The molecule has 1 aliphatic heterocycles. The third-order valence-corrected chi connectivity index (χ3v) is 8.93. The Hall–Kier alpha value is -1.04. The molecular weight excluding hydrogens is 370 g/mol. The maximum absolute atomic E-state index is 13.4. The lowest BCUT2D eigenvalue weighted by molar-refractivity contribution is -0.142. The van der Waals surface area contributed by atoms with Gasteiger partial charge >= 0.3 is 0 Å². The van der Waals surface area contributed by atoms with Gasteiger partial charge in [-0.2, -0.15) is 0 Å². The molecule has 154 valence electrons. The van der Waals surface area contributed by atoms with Crippen molar-refractivity contribution in [1.29, 1.82) is 0 Å². The molecule has 0 saturated heterocycles. The second kappa shape index (κ2) is 7.66. The van der Waals surface area contributed by atoms with E-state index < -0.39 is 0 Å². The van der Waals surface area contributed by atoms with Crippen LogP contribution < -0.4 is 10.6 Å². The van der Waals surface area contributed by atoms with Gasteiger partial charge in [0.1, 0.15) is 6.04 Å². The zero-order valence-corrected chi connectivity index (χ0v) is 17.6. The summed E-state index contributed by atoms with van der Waals surface area (Å²) in [6.45, 7) is 0.775. The maximum atomic E-state index is 13.4. The van der Waals surface area contributed by atoms with Crippen molar-refractivity contribution in [2.45, 2.75) is 76.7 Å². The molecule has 5 fully saturated rings. The van der Waals surface area contributed by atoms with Crippen LogP contribution in [0.3, 0.4) is 0 Å². The summed E-state index contributed by atoms with van der Waals surface area (Å²) in [4.78, 5) is 30.9. The van der Waals surface area contributed by atoms with E-state index in [9.17, 15) is 9.59 Å². The Morgan fingerprint density at radius 1 is 1.00 bits per heavy atom. The lowest BCUT2D eigenvalue weighted by Gasteiger charge is -2.59. The highest BCUT2D eigenvalue weighted by molar-refractivity contribution is 8.14. The minimum absolute atomic E-state index is 0.0146. The third kappa shape index (κ3) is 3.61. The number of carbonyl (C=O) groups excluding carboxylic acids is 2. The van der Waals surface area contributed by atoms with Crippen molar-refractivity contribution in [3.05, 3.63) is 0 Å². The third-order valence-electron chi connectivity index (χ3n) is 8.04. The van der Waals surface area contributed by atoms with Gasteiger partial charge in [-0.05, 0) is 69.1 Å². The maximum Gasteiger partial charge on any atom is 0.249 e. The first-order chi connectivity index (χ1) is 13.6. The molecule has 5 aliphatic carbocycles. The fraction of sp³-hybridized carbons (Fsp3) is 0.864. The monoisotopic (exact) mass is 403 g/mol. The Labute approximate surface area is 172 Å². The van der Waals surface area contributed by atoms with Crippen LogP contribution >= 0.6 is 11.8 Å². The summed E-state index contributed by atoms with van der Waals surface area (Å²) in [6, 6.07) is -0.390. The number of hydrogen-bond acceptors (Lipinski definition) is 4. The van der Waals surface area contributed by atoms with Gasteiger partial charge in [0.15, 0.2) is 5.17 Å². The summed E-state index contributed by atoms with van der Waals surface area (Å²) in [5, 5.41) is 7.12. The molecule has 2 amide bonds. The van der Waals surface area contributed by atoms with Gasteiger partial charge in [0, 0.05) is 17.1 Å². The van der Waals surface area contributed by atoms with Gasteiger partial charge in [-0.1, -0.05) is 31.0 Å². The average Bonchev–Trinajstić information content (AvgIpc) is 3.18. The quantitative estimate of drug-likeness (QED) is 0.755. The number of thioether (sulfide) groups is 1. The van der Waals surface area contributed by atoms with Crippen LogP contribution in [0.1, 0.15) is 70.6 Å². The summed E-state index contributed by atoms with van der Waals surface area (Å²) in [7, 11) is 0. The van der Waals surface area contributed by atoms with Crippen LogP contribution in [0.15, 0.2) is 4.99 Å². The van der Waals surface area contributed by atoms with E-state index in [4.69, 9.17) is 0 Å². The average molecular weight is 404 g/mol. The van der Waals surface area contributed by atoms with E-state index in [0.29, 0.717) is 0 Å². The molecule has 0 unspecified atom stereocenters. The minimum Gasteiger partial charge on any atom is -0.344 e. The van der Waals surface area contributed by atoms with Crippen molar-refractivity contribution < 1.29 is 9.59 Å². The smallest absolute Gasteiger partial charge is 0.249 e. The van der Waals surface area contributed by atoms with Gasteiger partial charge in [0.25, 0.3) is 0 Å². The molecule has 6 rings (SSSR count). The first-order valence-corrected chi connectivity index (χ1v) is 12.4. The summed E-state index contributed by atoms with van der Waals surface area (Å²) in [5.41, 5.74) is -0.0347.